The van der Waals surface area contributed by atoms with Crippen LogP contribution in [0.25, 0.3) is 6.08 Å². The van der Waals surface area contributed by atoms with Crippen molar-refractivity contribution in [1.29, 1.82) is 0 Å². The van der Waals surface area contributed by atoms with Crippen LogP contribution in [0.2, 0.25) is 0 Å². The molecule has 7 heteroatoms. The van der Waals surface area contributed by atoms with Gasteiger partial charge in [0.2, 0.25) is 5.91 Å². The quantitative estimate of drug-likeness (QED) is 0.680. The van der Waals surface area contributed by atoms with Gasteiger partial charge in [-0.1, -0.05) is 0 Å². The molecule has 26 heavy (non-hydrogen) atoms. The van der Waals surface area contributed by atoms with Gasteiger partial charge in [-0.2, -0.15) is 0 Å². The Morgan fingerprint density at radius 3 is 2.23 bits per heavy atom. The van der Waals surface area contributed by atoms with Gasteiger partial charge >= 0.3 is 0 Å². The third-order valence-electron chi connectivity index (χ3n) is 3.53. The van der Waals surface area contributed by atoms with E-state index in [2.05, 4.69) is 21.2 Å². The molecule has 2 aromatic carbocycles. The topological polar surface area (TPSA) is 66.0 Å². The highest BCUT2D eigenvalue weighted by molar-refractivity contribution is 9.10. The van der Waals surface area contributed by atoms with E-state index in [-0.39, 0.29) is 5.91 Å². The summed E-state index contributed by atoms with van der Waals surface area (Å²) in [6.07, 6.45) is 3.12. The van der Waals surface area contributed by atoms with E-state index in [1.54, 1.807) is 51.7 Å². The van der Waals surface area contributed by atoms with Crippen molar-refractivity contribution >= 4 is 33.6 Å². The Kier molecular flexibility index (Phi) is 6.91. The van der Waals surface area contributed by atoms with Gasteiger partial charge in [-0.05, 0) is 51.8 Å². The van der Waals surface area contributed by atoms with Crippen molar-refractivity contribution in [2.24, 2.45) is 0 Å². The van der Waals surface area contributed by atoms with Crippen molar-refractivity contribution < 1.29 is 23.7 Å². The number of hydrogen-bond donors (Lipinski definition) is 1. The molecule has 0 fully saturated rings. The summed E-state index contributed by atoms with van der Waals surface area (Å²) in [5.74, 6) is 2.03. The minimum atomic E-state index is -0.275. The zero-order valence-corrected chi connectivity index (χ0v) is 16.5. The van der Waals surface area contributed by atoms with Gasteiger partial charge in [0.25, 0.3) is 0 Å². The molecule has 0 heterocycles. The summed E-state index contributed by atoms with van der Waals surface area (Å²) in [7, 11) is 6.22. The molecule has 0 aliphatic heterocycles. The molecule has 2 aromatic rings. The zero-order chi connectivity index (χ0) is 19.1. The van der Waals surface area contributed by atoms with Crippen LogP contribution in [0, 0.1) is 0 Å². The van der Waals surface area contributed by atoms with Gasteiger partial charge in [0.15, 0.2) is 23.0 Å². The lowest BCUT2D eigenvalue weighted by Crippen LogP contribution is -2.08. The maximum absolute atomic E-state index is 12.2. The van der Waals surface area contributed by atoms with Crippen molar-refractivity contribution in [3.8, 4) is 23.0 Å². The van der Waals surface area contributed by atoms with Crippen LogP contribution in [0.15, 0.2) is 40.9 Å². The van der Waals surface area contributed by atoms with Gasteiger partial charge in [-0.25, -0.2) is 0 Å². The van der Waals surface area contributed by atoms with Gasteiger partial charge < -0.3 is 24.3 Å². The number of methoxy groups -OCH3 is 4. The second-order valence-electron chi connectivity index (χ2n) is 5.13. The molecule has 0 unspecified atom stereocenters. The van der Waals surface area contributed by atoms with Crippen LogP contribution in [-0.4, -0.2) is 34.3 Å². The lowest BCUT2D eigenvalue weighted by molar-refractivity contribution is -0.111. The van der Waals surface area contributed by atoms with Crippen LogP contribution in [0.3, 0.4) is 0 Å². The highest BCUT2D eigenvalue weighted by Crippen LogP contribution is 2.36. The van der Waals surface area contributed by atoms with E-state index in [9.17, 15) is 4.79 Å². The first-order valence-electron chi connectivity index (χ1n) is 7.65. The second kappa shape index (κ2) is 9.15. The molecule has 0 atom stereocenters. The number of hydrogen-bond acceptors (Lipinski definition) is 5. The number of amides is 1. The molecule has 6 nitrogen and oxygen atoms in total. The fourth-order valence-corrected chi connectivity index (χ4v) is 2.93. The van der Waals surface area contributed by atoms with Crippen LogP contribution in [0.4, 0.5) is 5.69 Å². The number of anilines is 1. The maximum Gasteiger partial charge on any atom is 0.248 e. The Hall–Kier alpha value is -2.67. The van der Waals surface area contributed by atoms with E-state index in [0.29, 0.717) is 28.7 Å². The van der Waals surface area contributed by atoms with E-state index < -0.39 is 0 Å². The number of carbonyl (C=O) groups excluding carboxylic acids is 1. The molecule has 0 spiro atoms. The highest BCUT2D eigenvalue weighted by Gasteiger charge is 2.10. The smallest absolute Gasteiger partial charge is 0.248 e. The first-order chi connectivity index (χ1) is 12.5. The predicted molar refractivity (Wildman–Crippen MR) is 104 cm³/mol. The third kappa shape index (κ3) is 4.70. The van der Waals surface area contributed by atoms with Crippen LogP contribution >= 0.6 is 15.9 Å². The summed E-state index contributed by atoms with van der Waals surface area (Å²) in [5.41, 5.74) is 1.39. The first-order valence-corrected chi connectivity index (χ1v) is 8.44. The van der Waals surface area contributed by atoms with E-state index in [4.69, 9.17) is 18.9 Å². The fraction of sp³-hybridized carbons (Fsp3) is 0.211. The Balaban J connectivity index is 2.14. The lowest BCUT2D eigenvalue weighted by atomic mass is 10.2. The monoisotopic (exact) mass is 421 g/mol. The van der Waals surface area contributed by atoms with Crippen LogP contribution in [0.1, 0.15) is 5.56 Å². The molecule has 0 radical (unpaired) electrons. The van der Waals surface area contributed by atoms with Crippen LogP contribution in [-0.2, 0) is 4.79 Å². The van der Waals surface area contributed by atoms with E-state index >= 15 is 0 Å². The molecule has 1 amide bonds. The predicted octanol–water partition coefficient (Wildman–Crippen LogP) is 4.14. The van der Waals surface area contributed by atoms with Crippen molar-refractivity contribution in [3.63, 3.8) is 0 Å². The van der Waals surface area contributed by atoms with E-state index in [1.807, 2.05) is 6.07 Å². The van der Waals surface area contributed by atoms with Gasteiger partial charge in [0.1, 0.15) is 0 Å². The number of ether oxygens (including phenoxy) is 4. The molecular formula is C19H20BrNO5. The van der Waals surface area contributed by atoms with Crippen molar-refractivity contribution in [2.45, 2.75) is 0 Å². The Morgan fingerprint density at radius 2 is 1.62 bits per heavy atom. The summed E-state index contributed by atoms with van der Waals surface area (Å²) in [5, 5.41) is 2.78. The minimum Gasteiger partial charge on any atom is -0.493 e. The van der Waals surface area contributed by atoms with Crippen LogP contribution in [0.5, 0.6) is 23.0 Å². The third-order valence-corrected chi connectivity index (χ3v) is 4.12. The van der Waals surface area contributed by atoms with Gasteiger partial charge in [-0.15, -0.1) is 0 Å². The Bertz CT molecular complexity index is 820. The van der Waals surface area contributed by atoms with Crippen molar-refractivity contribution in [2.75, 3.05) is 33.8 Å². The number of rotatable bonds is 7. The van der Waals surface area contributed by atoms with Crippen molar-refractivity contribution in [1.82, 2.24) is 0 Å². The Labute approximate surface area is 160 Å². The average molecular weight is 422 g/mol. The maximum atomic E-state index is 12.2. The van der Waals surface area contributed by atoms with E-state index in [0.717, 1.165) is 10.0 Å². The highest BCUT2D eigenvalue weighted by atomic mass is 79.9. The summed E-state index contributed by atoms with van der Waals surface area (Å²) in [6.45, 7) is 0. The van der Waals surface area contributed by atoms with Gasteiger partial charge in [-0.3, -0.25) is 4.79 Å². The first kappa shape index (κ1) is 19.7. The molecule has 0 aromatic heterocycles. The van der Waals surface area contributed by atoms with E-state index in [1.165, 1.54) is 13.2 Å². The average Bonchev–Trinajstić information content (AvgIpc) is 2.65. The molecule has 0 aliphatic carbocycles. The summed E-state index contributed by atoms with van der Waals surface area (Å²) in [6, 6.07) is 8.77. The van der Waals surface area contributed by atoms with Crippen LogP contribution < -0.4 is 24.3 Å². The summed E-state index contributed by atoms with van der Waals surface area (Å²) < 4.78 is 21.7. The molecule has 0 aliphatic rings. The number of halogens is 1. The Morgan fingerprint density at radius 1 is 0.923 bits per heavy atom. The zero-order valence-electron chi connectivity index (χ0n) is 15.0. The second-order valence-corrected chi connectivity index (χ2v) is 5.98. The minimum absolute atomic E-state index is 0.275. The number of carbonyl (C=O) groups is 1. The molecule has 1 N–H and O–H groups in total. The van der Waals surface area contributed by atoms with Gasteiger partial charge in [0, 0.05) is 17.8 Å². The molecule has 0 saturated heterocycles. The lowest BCUT2D eigenvalue weighted by Gasteiger charge is -2.10. The number of nitrogens with one attached hydrogen (secondary N) is 1. The van der Waals surface area contributed by atoms with Crippen molar-refractivity contribution in [3.05, 3.63) is 46.4 Å². The van der Waals surface area contributed by atoms with Gasteiger partial charge in [0.05, 0.1) is 32.9 Å². The largest absolute Gasteiger partial charge is 0.493 e. The number of benzene rings is 2. The molecular weight excluding hydrogens is 402 g/mol. The molecule has 0 saturated carbocycles. The fourth-order valence-electron chi connectivity index (χ4n) is 2.30. The molecule has 0 bridgehead atoms. The molecule has 138 valence electrons. The standard InChI is InChI=1S/C19H20BrNO5/c1-23-15-7-6-13(11-16(15)24-2)21-18(22)8-5-12-9-14(20)19(26-4)17(10-12)25-3/h5-11H,1-4H3,(H,21,22). The summed E-state index contributed by atoms with van der Waals surface area (Å²) >= 11 is 3.42. The summed E-state index contributed by atoms with van der Waals surface area (Å²) in [4.78, 5) is 12.2. The normalized spacial score (nSPS) is 10.5. The SMILES string of the molecule is COc1ccc(NC(=O)C=Cc2cc(Br)c(OC)c(OC)c2)cc1OC. The molecule has 2 rings (SSSR count).